The number of hydrogen-bond donors (Lipinski definition) is 3. The van der Waals surface area contributed by atoms with Crippen LogP contribution >= 0.6 is 23.6 Å². The number of amides is 1. The van der Waals surface area contributed by atoms with Crippen molar-refractivity contribution in [1.29, 1.82) is 0 Å². The monoisotopic (exact) mass is 535 g/mol. The maximum atomic E-state index is 13.1. The minimum absolute atomic E-state index is 0.00599. The van der Waals surface area contributed by atoms with Crippen LogP contribution in [0.3, 0.4) is 0 Å². The second-order valence-electron chi connectivity index (χ2n) is 8.18. The number of benzene rings is 3. The van der Waals surface area contributed by atoms with Crippen molar-refractivity contribution in [2.24, 2.45) is 0 Å². The van der Waals surface area contributed by atoms with Gasteiger partial charge in [0.25, 0.3) is 11.6 Å². The van der Waals surface area contributed by atoms with Crippen molar-refractivity contribution in [3.8, 4) is 16.3 Å². The van der Waals surface area contributed by atoms with E-state index in [2.05, 4.69) is 15.6 Å². The molecule has 2 heterocycles. The van der Waals surface area contributed by atoms with E-state index in [0.717, 1.165) is 10.2 Å². The fraction of sp³-hybridized carbons (Fsp3) is 0.160. The number of carbonyl (C=O) groups is 1. The highest BCUT2D eigenvalue weighted by atomic mass is 32.1. The Kier molecular flexibility index (Phi) is 6.95. The molecule has 0 radical (unpaired) electrons. The predicted molar refractivity (Wildman–Crippen MR) is 147 cm³/mol. The summed E-state index contributed by atoms with van der Waals surface area (Å²) in [5.74, 6) is -0.579. The predicted octanol–water partition coefficient (Wildman–Crippen LogP) is 4.54. The number of fused-ring (bicyclic) bond motifs is 1. The summed E-state index contributed by atoms with van der Waals surface area (Å²) in [6.07, 6.45) is 0. The summed E-state index contributed by atoms with van der Waals surface area (Å²) >= 11 is 6.78. The van der Waals surface area contributed by atoms with E-state index in [4.69, 9.17) is 17.0 Å². The van der Waals surface area contributed by atoms with E-state index in [-0.39, 0.29) is 22.1 Å². The summed E-state index contributed by atoms with van der Waals surface area (Å²) in [7, 11) is 0. The largest absolute Gasteiger partial charge is 0.507 e. The van der Waals surface area contributed by atoms with Gasteiger partial charge in [-0.1, -0.05) is 12.1 Å². The molecule has 1 aliphatic rings. The van der Waals surface area contributed by atoms with Crippen molar-refractivity contribution in [1.82, 2.24) is 10.3 Å². The van der Waals surface area contributed by atoms with Gasteiger partial charge in [-0.05, 0) is 42.5 Å². The number of aromatic hydroxyl groups is 1. The standard InChI is InChI=1S/C25H21N5O5S2/c31-21-13-15(5-7-17(21)24-27-19-3-1-2-4-22(19)37-24)26-25(36)28-23(32)18-14-16(30(33)34)6-8-20(18)29-9-11-35-12-10-29/h1-8,13-14,31H,9-12H2,(H2,26,28,32,36). The lowest BCUT2D eigenvalue weighted by Gasteiger charge is -2.30. The summed E-state index contributed by atoms with van der Waals surface area (Å²) in [5.41, 5.74) is 2.39. The Bertz CT molecular complexity index is 1480. The maximum absolute atomic E-state index is 13.1. The molecule has 12 heteroatoms. The van der Waals surface area contributed by atoms with Gasteiger partial charge in [-0.3, -0.25) is 20.2 Å². The fourth-order valence-corrected chi connectivity index (χ4v) is 5.22. The smallest absolute Gasteiger partial charge is 0.270 e. The number of carbonyl (C=O) groups excluding carboxylic acids is 1. The van der Waals surface area contributed by atoms with E-state index >= 15 is 0 Å². The van der Waals surface area contributed by atoms with Crippen LogP contribution < -0.4 is 15.5 Å². The van der Waals surface area contributed by atoms with Crippen LogP contribution in [0, 0.1) is 10.1 Å². The number of para-hydroxylation sites is 1. The Hall–Kier alpha value is -4.13. The van der Waals surface area contributed by atoms with Gasteiger partial charge in [0.1, 0.15) is 10.8 Å². The molecule has 37 heavy (non-hydrogen) atoms. The van der Waals surface area contributed by atoms with Gasteiger partial charge in [0.2, 0.25) is 0 Å². The third kappa shape index (κ3) is 5.35. The van der Waals surface area contributed by atoms with Crippen molar-refractivity contribution >= 4 is 61.9 Å². The second kappa shape index (κ2) is 10.5. The normalized spacial score (nSPS) is 13.4. The number of ether oxygens (including phenoxy) is 1. The number of non-ortho nitro benzene ring substituents is 1. The summed E-state index contributed by atoms with van der Waals surface area (Å²) in [5, 5.41) is 28.1. The minimum atomic E-state index is -0.585. The quantitative estimate of drug-likeness (QED) is 0.192. The Balaban J connectivity index is 1.32. The molecule has 0 unspecified atom stereocenters. The van der Waals surface area contributed by atoms with Gasteiger partial charge >= 0.3 is 0 Å². The first-order valence-corrected chi connectivity index (χ1v) is 12.5. The molecule has 1 aliphatic heterocycles. The lowest BCUT2D eigenvalue weighted by molar-refractivity contribution is -0.384. The molecule has 1 aromatic heterocycles. The third-order valence-electron chi connectivity index (χ3n) is 5.79. The van der Waals surface area contributed by atoms with Crippen molar-refractivity contribution in [2.45, 2.75) is 0 Å². The highest BCUT2D eigenvalue weighted by Gasteiger charge is 2.23. The van der Waals surface area contributed by atoms with Gasteiger partial charge in [-0.25, -0.2) is 4.98 Å². The molecule has 3 N–H and O–H groups in total. The number of rotatable bonds is 5. The first kappa shape index (κ1) is 24.6. The van der Waals surface area contributed by atoms with Crippen molar-refractivity contribution < 1.29 is 19.6 Å². The molecule has 5 rings (SSSR count). The van der Waals surface area contributed by atoms with Gasteiger partial charge in [0, 0.05) is 37.0 Å². The number of nitrogens with one attached hydrogen (secondary N) is 2. The number of nitrogens with zero attached hydrogens (tertiary/aromatic N) is 3. The molecular formula is C25H21N5O5S2. The Labute approximate surface area is 220 Å². The lowest BCUT2D eigenvalue weighted by Crippen LogP contribution is -2.39. The number of phenols is 1. The Morgan fingerprint density at radius 1 is 1.14 bits per heavy atom. The summed E-state index contributed by atoms with van der Waals surface area (Å²) < 4.78 is 6.39. The van der Waals surface area contributed by atoms with Gasteiger partial charge < -0.3 is 20.1 Å². The molecule has 1 saturated heterocycles. The number of morpholine rings is 1. The van der Waals surface area contributed by atoms with E-state index in [9.17, 15) is 20.0 Å². The maximum Gasteiger partial charge on any atom is 0.270 e. The SMILES string of the molecule is O=C(NC(=S)Nc1ccc(-c2nc3ccccc3s2)c(O)c1)c1cc([N+](=O)[O-])ccc1N1CCOCC1. The number of anilines is 2. The first-order chi connectivity index (χ1) is 17.9. The average Bonchev–Trinajstić information content (AvgIpc) is 3.32. The van der Waals surface area contributed by atoms with Crippen molar-refractivity contribution in [2.75, 3.05) is 36.5 Å². The van der Waals surface area contributed by atoms with Gasteiger partial charge in [-0.2, -0.15) is 0 Å². The second-order valence-corrected chi connectivity index (χ2v) is 9.62. The van der Waals surface area contributed by atoms with Crippen LogP contribution in [0.5, 0.6) is 5.75 Å². The number of aromatic nitrogens is 1. The van der Waals surface area contributed by atoms with Crippen molar-refractivity contribution in [3.05, 3.63) is 76.3 Å². The van der Waals surface area contributed by atoms with Crippen LogP contribution in [0.1, 0.15) is 10.4 Å². The van der Waals surface area contributed by atoms with E-state index in [1.54, 1.807) is 18.2 Å². The molecule has 3 aromatic carbocycles. The molecule has 0 atom stereocenters. The highest BCUT2D eigenvalue weighted by Crippen LogP contribution is 2.36. The Morgan fingerprint density at radius 3 is 2.65 bits per heavy atom. The van der Waals surface area contributed by atoms with Crippen LogP contribution in [0.25, 0.3) is 20.8 Å². The molecule has 0 saturated carbocycles. The summed E-state index contributed by atoms with van der Waals surface area (Å²) in [6, 6.07) is 16.8. The summed E-state index contributed by atoms with van der Waals surface area (Å²) in [6.45, 7) is 2.10. The molecule has 0 spiro atoms. The van der Waals surface area contributed by atoms with Crippen LogP contribution in [-0.4, -0.2) is 52.3 Å². The van der Waals surface area contributed by atoms with Gasteiger partial charge in [-0.15, -0.1) is 11.3 Å². The molecule has 188 valence electrons. The van der Waals surface area contributed by atoms with E-state index in [0.29, 0.717) is 48.2 Å². The molecule has 0 aliphatic carbocycles. The fourth-order valence-electron chi connectivity index (χ4n) is 4.01. The number of thiazole rings is 1. The Morgan fingerprint density at radius 2 is 1.92 bits per heavy atom. The average molecular weight is 536 g/mol. The minimum Gasteiger partial charge on any atom is -0.507 e. The van der Waals surface area contributed by atoms with Crippen molar-refractivity contribution in [3.63, 3.8) is 0 Å². The van der Waals surface area contributed by atoms with Crippen LogP contribution in [0.15, 0.2) is 60.7 Å². The zero-order valence-corrected chi connectivity index (χ0v) is 21.0. The first-order valence-electron chi connectivity index (χ1n) is 11.3. The van der Waals surface area contributed by atoms with E-state index in [1.807, 2.05) is 29.2 Å². The molecule has 0 bridgehead atoms. The van der Waals surface area contributed by atoms with Gasteiger partial charge in [0.05, 0.1) is 45.2 Å². The molecule has 10 nitrogen and oxygen atoms in total. The number of nitro benzene ring substituents is 1. The molecule has 4 aromatic rings. The number of thiocarbonyl (C=S) groups is 1. The number of nitro groups is 1. The molecular weight excluding hydrogens is 514 g/mol. The number of hydrogen-bond acceptors (Lipinski definition) is 9. The highest BCUT2D eigenvalue weighted by molar-refractivity contribution is 7.80. The van der Waals surface area contributed by atoms with Gasteiger partial charge in [0.15, 0.2) is 5.11 Å². The zero-order chi connectivity index (χ0) is 25.9. The molecule has 1 fully saturated rings. The summed E-state index contributed by atoms with van der Waals surface area (Å²) in [4.78, 5) is 30.4. The third-order valence-corrected chi connectivity index (χ3v) is 7.07. The topological polar surface area (TPSA) is 130 Å². The zero-order valence-electron chi connectivity index (χ0n) is 19.3. The number of phenolic OH excluding ortho intramolecular Hbond substituents is 1. The van der Waals surface area contributed by atoms with Crippen LogP contribution in [-0.2, 0) is 4.74 Å². The van der Waals surface area contributed by atoms with Crippen LogP contribution in [0.2, 0.25) is 0 Å². The van der Waals surface area contributed by atoms with E-state index in [1.165, 1.54) is 29.5 Å². The van der Waals surface area contributed by atoms with Crippen LogP contribution in [0.4, 0.5) is 17.1 Å². The lowest BCUT2D eigenvalue weighted by atomic mass is 10.1. The molecule has 1 amide bonds. The van der Waals surface area contributed by atoms with E-state index < -0.39 is 10.8 Å².